The Morgan fingerprint density at radius 1 is 0.627 bits per heavy atom. The molecule has 0 radical (unpaired) electrons. The standard InChI is InChI=1S/2C21H22F3N7O2.CH4/c2*1-13-25-20(33-28-13)18-5-3-4-10-30(18)19(32)9-7-15-6-8-17(21(22,23)24)11-16(15)12-31-27-14(2)26-29-31;/h2*6-9,11,18H,3-5,10,12H2,1-2H3;1H4/b2*9-7+;/t2*18-;/m10./s1. The van der Waals surface area contributed by atoms with Crippen LogP contribution < -0.4 is 0 Å². The van der Waals surface area contributed by atoms with Crippen LogP contribution in [0.1, 0.15) is 126 Å². The van der Waals surface area contributed by atoms with E-state index in [2.05, 4.69) is 51.1 Å². The van der Waals surface area contributed by atoms with Crippen molar-refractivity contribution in [2.45, 2.75) is 111 Å². The molecule has 4 aromatic heterocycles. The summed E-state index contributed by atoms with van der Waals surface area (Å²) >= 11 is 0. The zero-order valence-corrected chi connectivity index (χ0v) is 36.2. The summed E-state index contributed by atoms with van der Waals surface area (Å²) in [4.78, 5) is 40.2. The number of tetrazole rings is 2. The summed E-state index contributed by atoms with van der Waals surface area (Å²) in [5.41, 5.74) is -0.0497. The summed E-state index contributed by atoms with van der Waals surface area (Å²) in [7, 11) is 0. The fourth-order valence-corrected chi connectivity index (χ4v) is 7.56. The second-order valence-electron chi connectivity index (χ2n) is 15.7. The first-order valence-electron chi connectivity index (χ1n) is 20.9. The third-order valence-electron chi connectivity index (χ3n) is 10.7. The lowest BCUT2D eigenvalue weighted by Crippen LogP contribution is -2.37. The highest BCUT2D eigenvalue weighted by molar-refractivity contribution is 5.93. The van der Waals surface area contributed by atoms with Crippen molar-refractivity contribution in [2.24, 2.45) is 0 Å². The maximum absolute atomic E-state index is 13.3. The van der Waals surface area contributed by atoms with Gasteiger partial charge in [0, 0.05) is 25.2 Å². The molecule has 0 bridgehead atoms. The van der Waals surface area contributed by atoms with E-state index in [1.807, 2.05) is 0 Å². The van der Waals surface area contributed by atoms with E-state index in [-0.39, 0.29) is 44.4 Å². The Balaban J connectivity index is 0.000000218. The molecule has 6 aromatic rings. The van der Waals surface area contributed by atoms with Gasteiger partial charge in [-0.2, -0.15) is 45.9 Å². The van der Waals surface area contributed by atoms with Gasteiger partial charge in [-0.25, -0.2) is 0 Å². The summed E-state index contributed by atoms with van der Waals surface area (Å²) in [6.45, 7) is 7.69. The number of hydrogen-bond acceptors (Lipinski definition) is 14. The van der Waals surface area contributed by atoms with Crippen molar-refractivity contribution in [1.82, 2.24) is 70.5 Å². The molecule has 18 nitrogen and oxygen atoms in total. The van der Waals surface area contributed by atoms with Gasteiger partial charge in [0.1, 0.15) is 12.1 Å². The molecule has 2 amide bonds. The number of aromatic nitrogens is 12. The first kappa shape index (κ1) is 49.3. The van der Waals surface area contributed by atoms with Gasteiger partial charge in [-0.15, -0.1) is 20.4 Å². The van der Waals surface area contributed by atoms with Crippen LogP contribution in [-0.4, -0.2) is 95.4 Å². The largest absolute Gasteiger partial charge is 0.416 e. The van der Waals surface area contributed by atoms with Gasteiger partial charge >= 0.3 is 12.4 Å². The quantitative estimate of drug-likeness (QED) is 0.0956. The molecule has 0 aliphatic carbocycles. The van der Waals surface area contributed by atoms with Crippen LogP contribution in [0.15, 0.2) is 57.6 Å². The Bertz CT molecular complexity index is 2520. The van der Waals surface area contributed by atoms with Crippen molar-refractivity contribution in [1.29, 1.82) is 0 Å². The van der Waals surface area contributed by atoms with E-state index < -0.39 is 23.5 Å². The third-order valence-corrected chi connectivity index (χ3v) is 10.7. The van der Waals surface area contributed by atoms with Crippen LogP contribution in [-0.2, 0) is 35.0 Å². The smallest absolute Gasteiger partial charge is 0.337 e. The lowest BCUT2D eigenvalue weighted by Gasteiger charge is -2.32. The third kappa shape index (κ3) is 12.6. The average molecular weight is 939 g/mol. The van der Waals surface area contributed by atoms with Crippen LogP contribution in [0.5, 0.6) is 0 Å². The molecule has 2 aliphatic heterocycles. The van der Waals surface area contributed by atoms with Crippen molar-refractivity contribution >= 4 is 24.0 Å². The number of piperidine rings is 2. The SMILES string of the molecule is C.Cc1noc([C@@H]2CCCCN2C(=O)/C=C/c2ccc(C(F)(F)F)cc2Cn2nnc(C)n2)n1.Cc1noc([C@H]2CCCCN2C(=O)/C=C/c2ccc(C(F)(F)F)cc2Cn2nnc(C)n2)n1. The molecule has 356 valence electrons. The van der Waals surface area contributed by atoms with E-state index in [0.717, 1.165) is 49.9 Å². The number of carbonyl (C=O) groups is 2. The maximum atomic E-state index is 13.3. The van der Waals surface area contributed by atoms with Gasteiger partial charge in [-0.3, -0.25) is 9.59 Å². The summed E-state index contributed by atoms with van der Waals surface area (Å²) in [5.74, 6) is 2.00. The van der Waals surface area contributed by atoms with Crippen molar-refractivity contribution in [3.63, 3.8) is 0 Å². The highest BCUT2D eigenvalue weighted by Gasteiger charge is 2.34. The highest BCUT2D eigenvalue weighted by atomic mass is 19.4. The van der Waals surface area contributed by atoms with Crippen molar-refractivity contribution < 1.29 is 45.0 Å². The number of hydrogen-bond donors (Lipinski definition) is 0. The van der Waals surface area contributed by atoms with Crippen molar-refractivity contribution in [3.8, 4) is 0 Å². The molecule has 0 saturated carbocycles. The molecule has 24 heteroatoms. The first-order chi connectivity index (χ1) is 31.4. The van der Waals surface area contributed by atoms with Crippen LogP contribution >= 0.6 is 0 Å². The number of rotatable bonds is 10. The zero-order valence-electron chi connectivity index (χ0n) is 36.2. The minimum absolute atomic E-state index is 0. The van der Waals surface area contributed by atoms with E-state index >= 15 is 0 Å². The van der Waals surface area contributed by atoms with E-state index in [4.69, 9.17) is 9.05 Å². The predicted octanol–water partition coefficient (Wildman–Crippen LogP) is 7.65. The molecule has 6 heterocycles. The Morgan fingerprint density at radius 3 is 1.36 bits per heavy atom. The Hall–Kier alpha value is -7.14. The van der Waals surface area contributed by atoms with Gasteiger partial charge in [-0.1, -0.05) is 29.9 Å². The number of aryl methyl sites for hydroxylation is 4. The number of nitrogens with zero attached hydrogens (tertiary/aromatic N) is 14. The van der Waals surface area contributed by atoms with Crippen LogP contribution in [0.25, 0.3) is 12.2 Å². The van der Waals surface area contributed by atoms with Gasteiger partial charge in [0.25, 0.3) is 0 Å². The second-order valence-corrected chi connectivity index (χ2v) is 15.7. The summed E-state index contributed by atoms with van der Waals surface area (Å²) in [5, 5.41) is 30.9. The molecule has 2 aliphatic rings. The Morgan fingerprint density at radius 2 is 1.03 bits per heavy atom. The molecular weight excluding hydrogens is 891 g/mol. The number of carbonyl (C=O) groups excluding carboxylic acids is 2. The van der Waals surface area contributed by atoms with E-state index in [0.29, 0.717) is 83.3 Å². The van der Waals surface area contributed by atoms with Crippen LogP contribution in [0.4, 0.5) is 26.3 Å². The van der Waals surface area contributed by atoms with Crippen molar-refractivity contribution in [2.75, 3.05) is 13.1 Å². The number of amides is 2. The van der Waals surface area contributed by atoms with Crippen LogP contribution in [0.2, 0.25) is 0 Å². The molecule has 8 rings (SSSR count). The van der Waals surface area contributed by atoms with E-state index in [1.165, 1.54) is 46.0 Å². The molecule has 0 unspecified atom stereocenters. The molecule has 2 fully saturated rings. The van der Waals surface area contributed by atoms with Gasteiger partial charge in [0.2, 0.25) is 23.6 Å². The fourth-order valence-electron chi connectivity index (χ4n) is 7.56. The molecule has 2 saturated heterocycles. The first-order valence-corrected chi connectivity index (χ1v) is 20.9. The van der Waals surface area contributed by atoms with Crippen LogP contribution in [0.3, 0.4) is 0 Å². The molecule has 0 N–H and O–H groups in total. The Labute approximate surface area is 380 Å². The normalized spacial score (nSPS) is 16.9. The molecule has 67 heavy (non-hydrogen) atoms. The number of alkyl halides is 6. The second kappa shape index (κ2) is 21.0. The van der Waals surface area contributed by atoms with Gasteiger partial charge in [-0.05, 0) is 135 Å². The minimum Gasteiger partial charge on any atom is -0.337 e. The monoisotopic (exact) mass is 938 g/mol. The van der Waals surface area contributed by atoms with Gasteiger partial charge < -0.3 is 18.8 Å². The average Bonchev–Trinajstić information content (AvgIpc) is 4.11. The number of benzene rings is 2. The van der Waals surface area contributed by atoms with Crippen LogP contribution in [0, 0.1) is 27.7 Å². The van der Waals surface area contributed by atoms with Gasteiger partial charge in [0.05, 0.1) is 24.2 Å². The minimum atomic E-state index is -4.50. The predicted molar refractivity (Wildman–Crippen MR) is 226 cm³/mol. The summed E-state index contributed by atoms with van der Waals surface area (Å²) < 4.78 is 90.1. The molecule has 2 atom stereocenters. The van der Waals surface area contributed by atoms with Crippen molar-refractivity contribution in [3.05, 3.63) is 117 Å². The summed E-state index contributed by atoms with van der Waals surface area (Å²) in [6.07, 6.45) is 1.65. The topological polar surface area (TPSA) is 206 Å². The van der Waals surface area contributed by atoms with E-state index in [1.54, 1.807) is 37.5 Å². The van der Waals surface area contributed by atoms with E-state index in [9.17, 15) is 35.9 Å². The maximum Gasteiger partial charge on any atom is 0.416 e. The Kier molecular flexibility index (Phi) is 15.5. The highest BCUT2D eigenvalue weighted by Crippen LogP contribution is 2.34. The molecular formula is C43H48F6N14O4. The zero-order chi connectivity index (χ0) is 47.2. The number of likely N-dealkylation sites (tertiary alicyclic amines) is 2. The number of halogens is 6. The lowest BCUT2D eigenvalue weighted by atomic mass is 10.0. The summed E-state index contributed by atoms with van der Waals surface area (Å²) in [6, 6.07) is 6.05. The molecule has 2 aromatic carbocycles. The fraction of sp³-hybridized carbons (Fsp3) is 0.442. The molecule has 0 spiro atoms. The van der Waals surface area contributed by atoms with Gasteiger partial charge in [0.15, 0.2) is 23.3 Å². The lowest BCUT2D eigenvalue weighted by molar-refractivity contribution is -0.138.